The predicted octanol–water partition coefficient (Wildman–Crippen LogP) is 2.56. The fourth-order valence-electron chi connectivity index (χ4n) is 1.84. The highest BCUT2D eigenvalue weighted by Gasteiger charge is 2.23. The summed E-state index contributed by atoms with van der Waals surface area (Å²) in [6, 6.07) is 4.63. The molecule has 1 aliphatic rings. The first-order valence-electron chi connectivity index (χ1n) is 5.27. The topological polar surface area (TPSA) is 50.8 Å². The van der Waals surface area contributed by atoms with E-state index in [9.17, 15) is 4.39 Å². The molecule has 17 heavy (non-hydrogen) atoms. The molecule has 4 nitrogen and oxygen atoms in total. The maximum Gasteiger partial charge on any atom is 0.183 e. The van der Waals surface area contributed by atoms with E-state index in [2.05, 4.69) is 15.2 Å². The molecule has 0 fully saturated rings. The average molecular weight is 251 g/mol. The molecule has 0 aliphatic carbocycles. The number of H-pyrrole nitrogens is 1. The Hall–Kier alpha value is -1.56. The van der Waals surface area contributed by atoms with Crippen LogP contribution in [0.5, 0.6) is 5.75 Å². The van der Waals surface area contributed by atoms with Crippen molar-refractivity contribution in [3.63, 3.8) is 0 Å². The molecule has 2 aromatic rings. The number of aromatic amines is 1. The molecule has 1 unspecified atom stereocenters. The summed E-state index contributed by atoms with van der Waals surface area (Å²) in [6.07, 6.45) is 2.30. The first kappa shape index (κ1) is 10.6. The molecule has 6 heteroatoms. The van der Waals surface area contributed by atoms with E-state index in [0.29, 0.717) is 6.61 Å². The number of ether oxygens (including phenoxy) is 1. The highest BCUT2D eigenvalue weighted by atomic mass is 32.2. The number of rotatable bonds is 2. The molecule has 0 radical (unpaired) electrons. The molecule has 88 valence electrons. The van der Waals surface area contributed by atoms with Crippen LogP contribution in [0.4, 0.5) is 4.39 Å². The zero-order chi connectivity index (χ0) is 11.7. The van der Waals surface area contributed by atoms with Crippen molar-refractivity contribution in [1.82, 2.24) is 15.2 Å². The SMILES string of the molecule is Fc1ccc2c(c1)C(Sc1ncn[nH]1)CCO2. The lowest BCUT2D eigenvalue weighted by Crippen LogP contribution is -2.12. The fraction of sp³-hybridized carbons (Fsp3) is 0.273. The Morgan fingerprint density at radius 3 is 3.24 bits per heavy atom. The Bertz CT molecular complexity index is 517. The van der Waals surface area contributed by atoms with Crippen LogP contribution in [0.25, 0.3) is 0 Å². The number of nitrogens with one attached hydrogen (secondary N) is 1. The summed E-state index contributed by atoms with van der Waals surface area (Å²) in [5.74, 6) is 0.520. The Kier molecular flexibility index (Phi) is 2.72. The molecule has 0 saturated heterocycles. The first-order valence-corrected chi connectivity index (χ1v) is 6.15. The molecule has 3 rings (SSSR count). The van der Waals surface area contributed by atoms with Crippen LogP contribution in [0.2, 0.25) is 0 Å². The van der Waals surface area contributed by atoms with E-state index in [4.69, 9.17) is 4.74 Å². The molecule has 1 aliphatic heterocycles. The van der Waals surface area contributed by atoms with Crippen molar-refractivity contribution >= 4 is 11.8 Å². The van der Waals surface area contributed by atoms with Crippen LogP contribution in [0.15, 0.2) is 29.7 Å². The second-order valence-corrected chi connectivity index (χ2v) is 4.91. The molecular weight excluding hydrogens is 241 g/mol. The van der Waals surface area contributed by atoms with Crippen molar-refractivity contribution < 1.29 is 9.13 Å². The van der Waals surface area contributed by atoms with Gasteiger partial charge in [0.05, 0.1) is 6.61 Å². The number of hydrogen-bond acceptors (Lipinski definition) is 4. The molecule has 0 amide bonds. The van der Waals surface area contributed by atoms with Crippen LogP contribution in [0.3, 0.4) is 0 Å². The minimum absolute atomic E-state index is 0.155. The molecule has 0 saturated carbocycles. The lowest BCUT2D eigenvalue weighted by Gasteiger charge is -2.24. The molecule has 0 bridgehead atoms. The number of hydrogen-bond donors (Lipinski definition) is 1. The lowest BCUT2D eigenvalue weighted by molar-refractivity contribution is 0.285. The van der Waals surface area contributed by atoms with Crippen molar-refractivity contribution in [2.75, 3.05) is 6.61 Å². The standard InChI is InChI=1S/C11H10FN3OS/c12-7-1-2-9-8(5-7)10(3-4-16-9)17-11-13-6-14-15-11/h1-2,5-6,10H,3-4H2,(H,13,14,15). The van der Waals surface area contributed by atoms with Gasteiger partial charge in [-0.1, -0.05) is 11.8 Å². The summed E-state index contributed by atoms with van der Waals surface area (Å²) in [5.41, 5.74) is 0.887. The molecule has 2 heterocycles. The summed E-state index contributed by atoms with van der Waals surface area (Å²) in [5, 5.41) is 7.49. The van der Waals surface area contributed by atoms with Crippen LogP contribution in [0.1, 0.15) is 17.2 Å². The number of thioether (sulfide) groups is 1. The summed E-state index contributed by atoms with van der Waals surface area (Å²) in [6.45, 7) is 0.643. The van der Waals surface area contributed by atoms with Gasteiger partial charge >= 0.3 is 0 Å². The molecule has 1 aromatic carbocycles. The largest absolute Gasteiger partial charge is 0.493 e. The Labute approximate surface area is 102 Å². The number of benzene rings is 1. The van der Waals surface area contributed by atoms with E-state index in [1.54, 1.807) is 17.8 Å². The van der Waals surface area contributed by atoms with Gasteiger partial charge in [0.15, 0.2) is 5.16 Å². The minimum atomic E-state index is -0.239. The second kappa shape index (κ2) is 4.37. The third-order valence-corrected chi connectivity index (χ3v) is 3.80. The number of halogens is 1. The molecule has 1 N–H and O–H groups in total. The van der Waals surface area contributed by atoms with E-state index < -0.39 is 0 Å². The van der Waals surface area contributed by atoms with E-state index in [1.807, 2.05) is 0 Å². The molecule has 1 atom stereocenters. The van der Waals surface area contributed by atoms with Gasteiger partial charge in [0.25, 0.3) is 0 Å². The van der Waals surface area contributed by atoms with Gasteiger partial charge in [-0.05, 0) is 24.6 Å². The predicted molar refractivity (Wildman–Crippen MR) is 61.5 cm³/mol. The molecule has 0 spiro atoms. The van der Waals surface area contributed by atoms with E-state index in [0.717, 1.165) is 22.9 Å². The Morgan fingerprint density at radius 2 is 2.41 bits per heavy atom. The van der Waals surface area contributed by atoms with Crippen LogP contribution < -0.4 is 4.74 Å². The van der Waals surface area contributed by atoms with Gasteiger partial charge in [-0.3, -0.25) is 5.10 Å². The van der Waals surface area contributed by atoms with Gasteiger partial charge in [0.2, 0.25) is 0 Å². The number of nitrogens with zero attached hydrogens (tertiary/aromatic N) is 2. The van der Waals surface area contributed by atoms with Crippen molar-refractivity contribution in [2.24, 2.45) is 0 Å². The summed E-state index contributed by atoms with van der Waals surface area (Å²) in [4.78, 5) is 4.07. The summed E-state index contributed by atoms with van der Waals surface area (Å²) in [7, 11) is 0. The number of fused-ring (bicyclic) bond motifs is 1. The van der Waals surface area contributed by atoms with E-state index in [-0.39, 0.29) is 11.1 Å². The van der Waals surface area contributed by atoms with Gasteiger partial charge < -0.3 is 4.74 Å². The fourth-order valence-corrected chi connectivity index (χ4v) is 2.85. The highest BCUT2D eigenvalue weighted by Crippen LogP contribution is 2.43. The van der Waals surface area contributed by atoms with Crippen LogP contribution in [0, 0.1) is 5.82 Å². The van der Waals surface area contributed by atoms with Gasteiger partial charge in [0.1, 0.15) is 17.9 Å². The quantitative estimate of drug-likeness (QED) is 0.891. The highest BCUT2D eigenvalue weighted by molar-refractivity contribution is 7.99. The minimum Gasteiger partial charge on any atom is -0.493 e. The van der Waals surface area contributed by atoms with Crippen LogP contribution in [-0.4, -0.2) is 21.8 Å². The maximum atomic E-state index is 13.2. The van der Waals surface area contributed by atoms with Crippen LogP contribution in [-0.2, 0) is 0 Å². The van der Waals surface area contributed by atoms with Crippen molar-refractivity contribution in [2.45, 2.75) is 16.8 Å². The van der Waals surface area contributed by atoms with Crippen molar-refractivity contribution in [1.29, 1.82) is 0 Å². The Morgan fingerprint density at radius 1 is 1.47 bits per heavy atom. The third kappa shape index (κ3) is 2.12. The third-order valence-electron chi connectivity index (χ3n) is 2.60. The average Bonchev–Trinajstić information content (AvgIpc) is 2.83. The number of aromatic nitrogens is 3. The summed E-state index contributed by atoms with van der Waals surface area (Å²) >= 11 is 1.55. The smallest absolute Gasteiger partial charge is 0.183 e. The van der Waals surface area contributed by atoms with Crippen LogP contribution >= 0.6 is 11.8 Å². The maximum absolute atomic E-state index is 13.2. The lowest BCUT2D eigenvalue weighted by atomic mass is 10.1. The van der Waals surface area contributed by atoms with Crippen molar-refractivity contribution in [3.05, 3.63) is 35.9 Å². The van der Waals surface area contributed by atoms with E-state index >= 15 is 0 Å². The second-order valence-electron chi connectivity index (χ2n) is 3.72. The van der Waals surface area contributed by atoms with Gasteiger partial charge in [-0.25, -0.2) is 9.37 Å². The van der Waals surface area contributed by atoms with Crippen molar-refractivity contribution in [3.8, 4) is 5.75 Å². The normalized spacial score (nSPS) is 18.5. The van der Waals surface area contributed by atoms with Gasteiger partial charge in [-0.15, -0.1) is 0 Å². The zero-order valence-electron chi connectivity index (χ0n) is 8.89. The van der Waals surface area contributed by atoms with Gasteiger partial charge in [-0.2, -0.15) is 5.10 Å². The van der Waals surface area contributed by atoms with E-state index in [1.165, 1.54) is 18.5 Å². The zero-order valence-corrected chi connectivity index (χ0v) is 9.71. The monoisotopic (exact) mass is 251 g/mol. The summed E-state index contributed by atoms with van der Waals surface area (Å²) < 4.78 is 18.7. The molecular formula is C11H10FN3OS. The first-order chi connectivity index (χ1) is 8.33. The molecule has 1 aromatic heterocycles. The Balaban J connectivity index is 1.90. The van der Waals surface area contributed by atoms with Gasteiger partial charge in [0, 0.05) is 10.8 Å².